The van der Waals surface area contributed by atoms with Crippen LogP contribution in [0.4, 0.5) is 0 Å². The highest BCUT2D eigenvalue weighted by atomic mass is 16.5. The summed E-state index contributed by atoms with van der Waals surface area (Å²) in [5, 5.41) is 0. The van der Waals surface area contributed by atoms with Gasteiger partial charge in [-0.1, -0.05) is 13.8 Å². The Balaban J connectivity index is 2.38. The molecule has 2 N–H and O–H groups in total. The highest BCUT2D eigenvalue weighted by molar-refractivity contribution is 5.80. The lowest BCUT2D eigenvalue weighted by molar-refractivity contribution is -0.146. The first-order valence-corrected chi connectivity index (χ1v) is 7.09. The molecule has 1 aliphatic rings. The molecule has 4 nitrogen and oxygen atoms in total. The number of ether oxygens (including phenoxy) is 1. The van der Waals surface area contributed by atoms with E-state index in [0.717, 1.165) is 25.8 Å². The van der Waals surface area contributed by atoms with Crippen molar-refractivity contribution < 1.29 is 9.53 Å². The van der Waals surface area contributed by atoms with Gasteiger partial charge in [-0.2, -0.15) is 0 Å². The lowest BCUT2D eigenvalue weighted by Gasteiger charge is -2.37. The molecule has 0 bridgehead atoms. The van der Waals surface area contributed by atoms with Gasteiger partial charge in [-0.05, 0) is 39.0 Å². The molecule has 1 saturated heterocycles. The van der Waals surface area contributed by atoms with Crippen LogP contribution >= 0.6 is 0 Å². The maximum atomic E-state index is 12.3. The summed E-state index contributed by atoms with van der Waals surface area (Å²) < 4.78 is 5.62. The normalized spacial score (nSPS) is 26.4. The number of hydrogen-bond donors (Lipinski definition) is 1. The fourth-order valence-electron chi connectivity index (χ4n) is 2.32. The van der Waals surface area contributed by atoms with Gasteiger partial charge in [-0.15, -0.1) is 0 Å². The third-order valence-electron chi connectivity index (χ3n) is 3.61. The molecule has 0 spiro atoms. The predicted octanol–water partition coefficient (Wildman–Crippen LogP) is 1.78. The van der Waals surface area contributed by atoms with Crippen LogP contribution in [0.2, 0.25) is 0 Å². The second kappa shape index (κ2) is 7.10. The minimum Gasteiger partial charge on any atom is -0.369 e. The average molecular weight is 256 g/mol. The van der Waals surface area contributed by atoms with E-state index in [0.29, 0.717) is 12.5 Å². The summed E-state index contributed by atoms with van der Waals surface area (Å²) in [6.45, 7) is 9.65. The van der Waals surface area contributed by atoms with Crippen LogP contribution in [0, 0.1) is 5.92 Å². The topological polar surface area (TPSA) is 55.6 Å². The molecular weight excluding hydrogens is 228 g/mol. The molecule has 0 radical (unpaired) electrons. The second-order valence-corrected chi connectivity index (χ2v) is 5.86. The largest absolute Gasteiger partial charge is 0.369 e. The van der Waals surface area contributed by atoms with Crippen LogP contribution in [-0.2, 0) is 9.53 Å². The summed E-state index contributed by atoms with van der Waals surface area (Å²) in [6, 6.07) is 0.471. The van der Waals surface area contributed by atoms with Crippen molar-refractivity contribution >= 4 is 5.91 Å². The summed E-state index contributed by atoms with van der Waals surface area (Å²) in [7, 11) is 0. The molecule has 0 aromatic carbocycles. The van der Waals surface area contributed by atoms with Crippen molar-refractivity contribution in [2.24, 2.45) is 11.7 Å². The number of piperidine rings is 1. The van der Waals surface area contributed by atoms with Gasteiger partial charge >= 0.3 is 0 Å². The van der Waals surface area contributed by atoms with Crippen molar-refractivity contribution in [3.8, 4) is 0 Å². The molecule has 4 heteroatoms. The number of carbonyl (C=O) groups is 1. The molecule has 1 aliphatic heterocycles. The molecule has 0 aromatic rings. The number of hydrogen-bond acceptors (Lipinski definition) is 3. The van der Waals surface area contributed by atoms with Crippen molar-refractivity contribution in [1.82, 2.24) is 4.90 Å². The van der Waals surface area contributed by atoms with E-state index in [1.807, 2.05) is 11.8 Å². The van der Waals surface area contributed by atoms with Gasteiger partial charge in [0.25, 0.3) is 5.91 Å². The highest BCUT2D eigenvalue weighted by Gasteiger charge is 2.29. The van der Waals surface area contributed by atoms with Gasteiger partial charge in [0.05, 0.1) is 0 Å². The Labute approximate surface area is 111 Å². The lowest BCUT2D eigenvalue weighted by atomic mass is 9.98. The highest BCUT2D eigenvalue weighted by Crippen LogP contribution is 2.17. The molecule has 18 heavy (non-hydrogen) atoms. The number of nitrogens with zero attached hydrogens (tertiary/aromatic N) is 1. The minimum absolute atomic E-state index is 0.109. The molecule has 0 unspecified atom stereocenters. The van der Waals surface area contributed by atoms with Crippen LogP contribution in [0.25, 0.3) is 0 Å². The lowest BCUT2D eigenvalue weighted by Crippen LogP contribution is -2.51. The Morgan fingerprint density at radius 3 is 2.67 bits per heavy atom. The molecule has 0 aromatic heterocycles. The maximum Gasteiger partial charge on any atom is 0.251 e. The summed E-state index contributed by atoms with van der Waals surface area (Å²) >= 11 is 0. The SMILES string of the molecule is CC(C)CCO[C@H](C)C(=O)N1CC[C@H](N)C[C@H]1C. The van der Waals surface area contributed by atoms with E-state index in [9.17, 15) is 4.79 Å². The third-order valence-corrected chi connectivity index (χ3v) is 3.61. The van der Waals surface area contributed by atoms with Gasteiger partial charge in [0.15, 0.2) is 0 Å². The fraction of sp³-hybridized carbons (Fsp3) is 0.929. The van der Waals surface area contributed by atoms with Crippen LogP contribution in [0.15, 0.2) is 0 Å². The number of carbonyl (C=O) groups excluding carboxylic acids is 1. The van der Waals surface area contributed by atoms with E-state index >= 15 is 0 Å². The van der Waals surface area contributed by atoms with Gasteiger partial charge in [-0.25, -0.2) is 0 Å². The molecule has 0 aliphatic carbocycles. The Hall–Kier alpha value is -0.610. The quantitative estimate of drug-likeness (QED) is 0.815. The smallest absolute Gasteiger partial charge is 0.251 e. The van der Waals surface area contributed by atoms with Gasteiger partial charge in [-0.3, -0.25) is 4.79 Å². The zero-order valence-electron chi connectivity index (χ0n) is 12.2. The molecule has 1 heterocycles. The predicted molar refractivity (Wildman–Crippen MR) is 73.3 cm³/mol. The van der Waals surface area contributed by atoms with Crippen LogP contribution in [0.1, 0.15) is 47.0 Å². The molecule has 1 fully saturated rings. The maximum absolute atomic E-state index is 12.3. The van der Waals surface area contributed by atoms with E-state index in [1.165, 1.54) is 0 Å². The molecule has 1 amide bonds. The van der Waals surface area contributed by atoms with Crippen molar-refractivity contribution in [1.29, 1.82) is 0 Å². The van der Waals surface area contributed by atoms with Crippen molar-refractivity contribution in [3.05, 3.63) is 0 Å². The third kappa shape index (κ3) is 4.58. The van der Waals surface area contributed by atoms with Gasteiger partial charge < -0.3 is 15.4 Å². The van der Waals surface area contributed by atoms with E-state index in [-0.39, 0.29) is 24.1 Å². The van der Waals surface area contributed by atoms with Crippen molar-refractivity contribution in [2.45, 2.75) is 65.1 Å². The number of rotatable bonds is 5. The van der Waals surface area contributed by atoms with Gasteiger partial charge in [0.2, 0.25) is 0 Å². The van der Waals surface area contributed by atoms with Crippen molar-refractivity contribution in [2.75, 3.05) is 13.2 Å². The Kier molecular flexibility index (Phi) is 6.09. The second-order valence-electron chi connectivity index (χ2n) is 5.86. The van der Waals surface area contributed by atoms with E-state index < -0.39 is 0 Å². The average Bonchev–Trinajstić information content (AvgIpc) is 2.27. The number of amides is 1. The molecular formula is C14H28N2O2. The Morgan fingerprint density at radius 1 is 1.44 bits per heavy atom. The van der Waals surface area contributed by atoms with E-state index in [1.54, 1.807) is 0 Å². The fourth-order valence-corrected chi connectivity index (χ4v) is 2.32. The first-order chi connectivity index (χ1) is 8.41. The summed E-state index contributed by atoms with van der Waals surface area (Å²) in [5.74, 6) is 0.720. The van der Waals surface area contributed by atoms with E-state index in [2.05, 4.69) is 20.8 Å². The number of likely N-dealkylation sites (tertiary alicyclic amines) is 1. The molecule has 0 saturated carbocycles. The van der Waals surface area contributed by atoms with Crippen LogP contribution in [0.5, 0.6) is 0 Å². The first-order valence-electron chi connectivity index (χ1n) is 7.09. The Bertz CT molecular complexity index is 269. The van der Waals surface area contributed by atoms with Crippen LogP contribution in [0.3, 0.4) is 0 Å². The zero-order chi connectivity index (χ0) is 13.7. The zero-order valence-corrected chi connectivity index (χ0v) is 12.2. The monoisotopic (exact) mass is 256 g/mol. The Morgan fingerprint density at radius 2 is 2.11 bits per heavy atom. The number of nitrogens with two attached hydrogens (primary N) is 1. The van der Waals surface area contributed by atoms with Crippen LogP contribution < -0.4 is 5.73 Å². The summed E-state index contributed by atoms with van der Waals surface area (Å²) in [5.41, 5.74) is 5.91. The van der Waals surface area contributed by atoms with Crippen LogP contribution in [-0.4, -0.2) is 42.1 Å². The van der Waals surface area contributed by atoms with Crippen molar-refractivity contribution in [3.63, 3.8) is 0 Å². The van der Waals surface area contributed by atoms with Gasteiger partial charge in [0.1, 0.15) is 6.10 Å². The van der Waals surface area contributed by atoms with E-state index in [4.69, 9.17) is 10.5 Å². The first kappa shape index (κ1) is 15.4. The molecule has 1 rings (SSSR count). The minimum atomic E-state index is -0.333. The molecule has 106 valence electrons. The summed E-state index contributed by atoms with van der Waals surface area (Å²) in [4.78, 5) is 14.2. The summed E-state index contributed by atoms with van der Waals surface area (Å²) in [6.07, 6.45) is 2.46. The molecule has 3 atom stereocenters. The standard InChI is InChI=1S/C14H28N2O2/c1-10(2)6-8-18-12(4)14(17)16-7-5-13(15)9-11(16)3/h10-13H,5-9,15H2,1-4H3/t11-,12-,13+/m1/s1. The van der Waals surface area contributed by atoms with Gasteiger partial charge in [0, 0.05) is 25.2 Å².